The Hall–Kier alpha value is -3.76. The number of nitrogen functional groups attached to an aromatic ring is 1. The molecule has 9 nitrogen and oxygen atoms in total. The number of hydrogen-bond acceptors (Lipinski definition) is 7. The van der Waals surface area contributed by atoms with E-state index in [2.05, 4.69) is 60.6 Å². The summed E-state index contributed by atoms with van der Waals surface area (Å²) in [6.45, 7) is 9.79. The number of hydrogen-bond donors (Lipinski definition) is 4. The number of carbonyl (C=O) groups is 2. The van der Waals surface area contributed by atoms with Gasteiger partial charge in [0.15, 0.2) is 6.29 Å². The summed E-state index contributed by atoms with van der Waals surface area (Å²) >= 11 is 0. The number of nitrogens with zero attached hydrogens (tertiary/aromatic N) is 1. The number of fused-ring (bicyclic) bond motifs is 2. The minimum atomic E-state index is -0.499. The van der Waals surface area contributed by atoms with Gasteiger partial charge in [0.1, 0.15) is 0 Å². The molecule has 1 aliphatic carbocycles. The number of nitrogens with two attached hydrogens (primary N) is 1. The van der Waals surface area contributed by atoms with Crippen molar-refractivity contribution in [1.29, 1.82) is 0 Å². The highest BCUT2D eigenvalue weighted by atomic mass is 16.7. The van der Waals surface area contributed by atoms with Gasteiger partial charge in [0, 0.05) is 50.5 Å². The van der Waals surface area contributed by atoms with Crippen LogP contribution in [0.2, 0.25) is 0 Å². The van der Waals surface area contributed by atoms with Crippen molar-refractivity contribution in [2.45, 2.75) is 123 Å². The molecular formula is C43H58N4O5. The maximum Gasteiger partial charge on any atom is 0.224 e. The Kier molecular flexibility index (Phi) is 12.4. The minimum absolute atomic E-state index is 0.0203. The summed E-state index contributed by atoms with van der Waals surface area (Å²) in [6, 6.07) is 24.1. The number of carbonyl (C=O) groups excluding carboxylic acids is 2. The maximum atomic E-state index is 12.6. The molecule has 2 aliphatic heterocycles. The largest absolute Gasteiger partial charge is 0.397 e. The molecule has 0 aromatic heterocycles. The molecule has 0 spiro atoms. The number of rotatable bonds is 15. The predicted molar refractivity (Wildman–Crippen MR) is 205 cm³/mol. The Labute approximate surface area is 309 Å². The zero-order valence-electron chi connectivity index (χ0n) is 31.2. The van der Waals surface area contributed by atoms with E-state index >= 15 is 0 Å². The number of nitrogens with one attached hydrogen (secondary N) is 2. The van der Waals surface area contributed by atoms with Crippen LogP contribution in [0.5, 0.6) is 0 Å². The van der Waals surface area contributed by atoms with Crippen LogP contribution >= 0.6 is 0 Å². The standard InChI is InChI=1S/C43H58N4O5/c1-42(2)23-34-24-43(3,28-42)29-47(34)26-35-22-38(32-18-16-31(27-48)17-19-32)52-41(51-35)33-20-14-30(15-21-33)25-45-39(49)12-6-4-5-7-13-40(50)46-37-11-9-8-10-36(37)44/h8-11,14-21,34-35,38,41,48H,4-7,12-13,22-29,44H2,1-3H3,(H,45,49)(H,46,50)/t34?,35-,38+,41+,43?/m1/s1. The van der Waals surface area contributed by atoms with Crippen LogP contribution in [-0.4, -0.2) is 47.1 Å². The Morgan fingerprint density at radius 1 is 0.846 bits per heavy atom. The Bertz CT molecular complexity index is 1640. The molecule has 5 N–H and O–H groups in total. The van der Waals surface area contributed by atoms with Crippen LogP contribution in [0, 0.1) is 10.8 Å². The molecular weight excluding hydrogens is 652 g/mol. The molecule has 0 radical (unpaired) electrons. The first-order valence-electron chi connectivity index (χ1n) is 19.2. The molecule has 2 amide bonds. The molecule has 9 heteroatoms. The average Bonchev–Trinajstić information content (AvgIpc) is 3.36. The van der Waals surface area contributed by atoms with Gasteiger partial charge in [-0.3, -0.25) is 14.5 Å². The summed E-state index contributed by atoms with van der Waals surface area (Å²) in [7, 11) is 0. The zero-order valence-corrected chi connectivity index (χ0v) is 31.2. The lowest BCUT2D eigenvalue weighted by Gasteiger charge is -2.41. The van der Waals surface area contributed by atoms with Crippen molar-refractivity contribution in [3.63, 3.8) is 0 Å². The van der Waals surface area contributed by atoms with Gasteiger partial charge in [0.05, 0.1) is 30.2 Å². The van der Waals surface area contributed by atoms with Crippen LogP contribution < -0.4 is 16.4 Å². The maximum absolute atomic E-state index is 12.6. The van der Waals surface area contributed by atoms with Crippen LogP contribution in [0.15, 0.2) is 72.8 Å². The van der Waals surface area contributed by atoms with Crippen molar-refractivity contribution in [1.82, 2.24) is 10.2 Å². The summed E-state index contributed by atoms with van der Waals surface area (Å²) in [4.78, 5) is 27.5. The van der Waals surface area contributed by atoms with Crippen molar-refractivity contribution < 1.29 is 24.2 Å². The highest BCUT2D eigenvalue weighted by molar-refractivity contribution is 5.93. The lowest BCUT2D eigenvalue weighted by Crippen LogP contribution is -2.42. The average molecular weight is 711 g/mol. The minimum Gasteiger partial charge on any atom is -0.397 e. The summed E-state index contributed by atoms with van der Waals surface area (Å²) < 4.78 is 13.3. The molecule has 52 heavy (non-hydrogen) atoms. The number of unbranched alkanes of at least 4 members (excludes halogenated alkanes) is 3. The van der Waals surface area contributed by atoms with Gasteiger partial charge in [-0.25, -0.2) is 0 Å². The van der Waals surface area contributed by atoms with Gasteiger partial charge in [-0.1, -0.05) is 94.3 Å². The van der Waals surface area contributed by atoms with Gasteiger partial charge >= 0.3 is 0 Å². The van der Waals surface area contributed by atoms with Gasteiger partial charge in [0.25, 0.3) is 0 Å². The molecule has 5 atom stereocenters. The topological polar surface area (TPSA) is 126 Å². The third-order valence-corrected chi connectivity index (χ3v) is 11.1. The van der Waals surface area contributed by atoms with E-state index in [1.807, 2.05) is 36.4 Å². The number of aliphatic hydroxyl groups is 1. The lowest BCUT2D eigenvalue weighted by molar-refractivity contribution is -0.253. The fourth-order valence-corrected chi connectivity index (χ4v) is 8.91. The van der Waals surface area contributed by atoms with E-state index in [4.69, 9.17) is 15.2 Å². The molecule has 3 aromatic carbocycles. The lowest BCUT2D eigenvalue weighted by atomic mass is 9.65. The molecule has 2 unspecified atom stereocenters. The zero-order chi connectivity index (χ0) is 36.7. The number of para-hydroxylation sites is 2. The summed E-state index contributed by atoms with van der Waals surface area (Å²) in [5, 5.41) is 15.5. The first-order valence-corrected chi connectivity index (χ1v) is 19.2. The number of aliphatic hydroxyl groups excluding tert-OH is 1. The Morgan fingerprint density at radius 2 is 1.52 bits per heavy atom. The van der Waals surface area contributed by atoms with Crippen molar-refractivity contribution in [3.05, 3.63) is 95.1 Å². The molecule has 2 bridgehead atoms. The van der Waals surface area contributed by atoms with Gasteiger partial charge in [-0.2, -0.15) is 0 Å². The summed E-state index contributed by atoms with van der Waals surface area (Å²) in [6.07, 6.45) is 8.20. The van der Waals surface area contributed by atoms with Gasteiger partial charge in [0.2, 0.25) is 11.8 Å². The number of amides is 2. The van der Waals surface area contributed by atoms with Gasteiger partial charge in [-0.05, 0) is 71.8 Å². The fraction of sp³-hybridized carbons (Fsp3) is 0.535. The summed E-state index contributed by atoms with van der Waals surface area (Å²) in [5.41, 5.74) is 11.8. The Balaban J connectivity index is 0.972. The van der Waals surface area contributed by atoms with E-state index in [0.29, 0.717) is 47.6 Å². The smallest absolute Gasteiger partial charge is 0.224 e. The van der Waals surface area contributed by atoms with Gasteiger partial charge < -0.3 is 30.9 Å². The molecule has 280 valence electrons. The third-order valence-electron chi connectivity index (χ3n) is 11.1. The quantitative estimate of drug-likeness (QED) is 0.0937. The number of ether oxygens (including phenoxy) is 2. The van der Waals surface area contributed by atoms with Crippen LogP contribution in [0.25, 0.3) is 0 Å². The molecule has 3 aromatic rings. The van der Waals surface area contributed by atoms with E-state index in [-0.39, 0.29) is 30.6 Å². The van der Waals surface area contributed by atoms with Crippen molar-refractivity contribution in [2.24, 2.45) is 10.8 Å². The van der Waals surface area contributed by atoms with E-state index in [1.165, 1.54) is 19.3 Å². The van der Waals surface area contributed by atoms with Crippen LogP contribution in [0.1, 0.15) is 120 Å². The van der Waals surface area contributed by atoms with E-state index < -0.39 is 6.29 Å². The van der Waals surface area contributed by atoms with Crippen molar-refractivity contribution in [2.75, 3.05) is 24.1 Å². The van der Waals surface area contributed by atoms with Crippen molar-refractivity contribution in [3.8, 4) is 0 Å². The first-order chi connectivity index (χ1) is 25.0. The van der Waals surface area contributed by atoms with Crippen molar-refractivity contribution >= 4 is 23.2 Å². The predicted octanol–water partition coefficient (Wildman–Crippen LogP) is 7.80. The molecule has 6 rings (SSSR count). The highest BCUT2D eigenvalue weighted by Gasteiger charge is 2.50. The van der Waals surface area contributed by atoms with E-state index in [0.717, 1.165) is 67.4 Å². The van der Waals surface area contributed by atoms with Gasteiger partial charge in [-0.15, -0.1) is 0 Å². The van der Waals surface area contributed by atoms with Crippen LogP contribution in [0.3, 0.4) is 0 Å². The molecule has 3 fully saturated rings. The normalized spacial score (nSPS) is 25.5. The number of benzene rings is 3. The molecule has 1 saturated carbocycles. The third kappa shape index (κ3) is 10.2. The Morgan fingerprint density at radius 3 is 2.23 bits per heavy atom. The van der Waals surface area contributed by atoms with E-state index in [1.54, 1.807) is 12.1 Å². The second-order valence-corrected chi connectivity index (χ2v) is 16.6. The van der Waals surface area contributed by atoms with Crippen LogP contribution in [0.4, 0.5) is 11.4 Å². The first kappa shape index (κ1) is 38.0. The number of likely N-dealkylation sites (tertiary alicyclic amines) is 1. The SMILES string of the molecule is CC1(C)CC2CC(C)(CN2C[C@H]2C[C@@H](c3ccc(CO)cc3)O[C@@H](c3ccc(CNC(=O)CCCCCCC(=O)Nc4ccccc4N)cc3)O2)C1. The second kappa shape index (κ2) is 16.9. The van der Waals surface area contributed by atoms with Crippen LogP contribution in [-0.2, 0) is 32.2 Å². The summed E-state index contributed by atoms with van der Waals surface area (Å²) in [5.74, 6) is -0.0129. The number of anilines is 2. The molecule has 2 saturated heterocycles. The molecule has 3 aliphatic rings. The molecule has 2 heterocycles. The van der Waals surface area contributed by atoms with E-state index in [9.17, 15) is 14.7 Å². The second-order valence-electron chi connectivity index (χ2n) is 16.6. The fourth-order valence-electron chi connectivity index (χ4n) is 8.91. The monoisotopic (exact) mass is 710 g/mol. The highest BCUT2D eigenvalue weighted by Crippen LogP contribution is 2.53.